The van der Waals surface area contributed by atoms with Crippen LogP contribution in [-0.2, 0) is 13.5 Å². The second-order valence-electron chi connectivity index (χ2n) is 4.86. The Morgan fingerprint density at radius 2 is 2.50 bits per heavy atom. The smallest absolute Gasteiger partial charge is 0.278 e. The van der Waals surface area contributed by atoms with E-state index in [0.29, 0.717) is 11.8 Å². The summed E-state index contributed by atoms with van der Waals surface area (Å²) in [6, 6.07) is 0. The zero-order valence-electron chi connectivity index (χ0n) is 10.5. The first-order chi connectivity index (χ1) is 8.81. The number of aryl methyl sites for hydroxylation is 1. The minimum atomic E-state index is 0.509. The van der Waals surface area contributed by atoms with Gasteiger partial charge in [-0.05, 0) is 31.8 Å². The van der Waals surface area contributed by atoms with Gasteiger partial charge in [0.25, 0.3) is 5.89 Å². The van der Waals surface area contributed by atoms with Crippen molar-refractivity contribution in [3.63, 3.8) is 0 Å². The van der Waals surface area contributed by atoms with Gasteiger partial charge in [-0.1, -0.05) is 5.16 Å². The van der Waals surface area contributed by atoms with Crippen molar-refractivity contribution in [2.45, 2.75) is 19.3 Å². The van der Waals surface area contributed by atoms with Crippen molar-refractivity contribution in [1.82, 2.24) is 25.0 Å². The largest absolute Gasteiger partial charge is 0.340 e. The Kier molecular flexibility index (Phi) is 3.10. The van der Waals surface area contributed by atoms with E-state index in [2.05, 4.69) is 20.4 Å². The Morgan fingerprint density at radius 1 is 1.56 bits per heavy atom. The molecule has 2 aromatic rings. The molecule has 18 heavy (non-hydrogen) atoms. The number of aromatic nitrogens is 4. The summed E-state index contributed by atoms with van der Waals surface area (Å²) in [7, 11) is 1.92. The van der Waals surface area contributed by atoms with E-state index in [1.54, 1.807) is 6.33 Å². The van der Waals surface area contributed by atoms with Crippen LogP contribution in [0.15, 0.2) is 17.0 Å². The van der Waals surface area contributed by atoms with Crippen LogP contribution in [0.5, 0.6) is 0 Å². The summed E-state index contributed by atoms with van der Waals surface area (Å²) in [6.07, 6.45) is 6.95. The van der Waals surface area contributed by atoms with Gasteiger partial charge in [-0.3, -0.25) is 0 Å². The molecule has 2 aromatic heterocycles. The molecule has 0 aliphatic carbocycles. The number of imidazole rings is 1. The molecular formula is C12H17N5O. The van der Waals surface area contributed by atoms with E-state index in [-0.39, 0.29) is 0 Å². The lowest BCUT2D eigenvalue weighted by atomic mass is 9.96. The van der Waals surface area contributed by atoms with Crippen molar-refractivity contribution >= 4 is 0 Å². The molecule has 0 amide bonds. The Bertz CT molecular complexity index is 512. The zero-order chi connectivity index (χ0) is 12.4. The summed E-state index contributed by atoms with van der Waals surface area (Å²) in [6.45, 7) is 2.18. The maximum Gasteiger partial charge on any atom is 0.278 e. The average molecular weight is 247 g/mol. The van der Waals surface area contributed by atoms with Crippen LogP contribution in [0.2, 0.25) is 0 Å². The number of hydrogen-bond acceptors (Lipinski definition) is 5. The number of nitrogens with zero attached hydrogens (tertiary/aromatic N) is 4. The van der Waals surface area contributed by atoms with Gasteiger partial charge < -0.3 is 14.4 Å². The van der Waals surface area contributed by atoms with E-state index in [9.17, 15) is 0 Å². The fourth-order valence-corrected chi connectivity index (χ4v) is 2.32. The molecular weight excluding hydrogens is 230 g/mol. The zero-order valence-corrected chi connectivity index (χ0v) is 10.5. The third kappa shape index (κ3) is 2.43. The molecule has 0 saturated carbocycles. The topological polar surface area (TPSA) is 68.8 Å². The predicted molar refractivity (Wildman–Crippen MR) is 65.8 cm³/mol. The molecule has 1 N–H and O–H groups in total. The molecule has 6 nitrogen and oxygen atoms in total. The molecule has 96 valence electrons. The molecule has 0 bridgehead atoms. The van der Waals surface area contributed by atoms with E-state index in [1.807, 2.05) is 17.8 Å². The average Bonchev–Trinajstić information content (AvgIpc) is 2.99. The van der Waals surface area contributed by atoms with Crippen molar-refractivity contribution in [3.05, 3.63) is 18.3 Å². The second-order valence-corrected chi connectivity index (χ2v) is 4.86. The quantitative estimate of drug-likeness (QED) is 0.876. The van der Waals surface area contributed by atoms with Crippen LogP contribution < -0.4 is 5.32 Å². The van der Waals surface area contributed by atoms with E-state index in [1.165, 1.54) is 12.8 Å². The van der Waals surface area contributed by atoms with Crippen LogP contribution in [-0.4, -0.2) is 32.8 Å². The minimum Gasteiger partial charge on any atom is -0.340 e. The summed E-state index contributed by atoms with van der Waals surface area (Å²) in [5.74, 6) is 1.91. The monoisotopic (exact) mass is 247 g/mol. The lowest BCUT2D eigenvalue weighted by Gasteiger charge is -2.20. The second kappa shape index (κ2) is 4.89. The molecule has 1 aliphatic heterocycles. The summed E-state index contributed by atoms with van der Waals surface area (Å²) in [5.41, 5.74) is 0.734. The lowest BCUT2D eigenvalue weighted by Crippen LogP contribution is -2.31. The third-order valence-corrected chi connectivity index (χ3v) is 3.26. The molecule has 0 radical (unpaired) electrons. The van der Waals surface area contributed by atoms with Gasteiger partial charge in [0.2, 0.25) is 0 Å². The standard InChI is InChI=1S/C12H17N5O/c1-17-7-10(14-8-17)12-15-11(16-18-12)5-9-3-2-4-13-6-9/h7-9,13H,2-6H2,1H3. The van der Waals surface area contributed by atoms with Gasteiger partial charge in [-0.15, -0.1) is 0 Å². The normalized spacial score (nSPS) is 20.2. The first kappa shape index (κ1) is 11.4. The van der Waals surface area contributed by atoms with Crippen molar-refractivity contribution in [1.29, 1.82) is 0 Å². The van der Waals surface area contributed by atoms with Gasteiger partial charge in [0.15, 0.2) is 5.82 Å². The van der Waals surface area contributed by atoms with Crippen LogP contribution >= 0.6 is 0 Å². The Balaban J connectivity index is 1.69. The fourth-order valence-electron chi connectivity index (χ4n) is 2.32. The van der Waals surface area contributed by atoms with Gasteiger partial charge in [0, 0.05) is 19.7 Å². The molecule has 1 unspecified atom stereocenters. The highest BCUT2D eigenvalue weighted by atomic mass is 16.5. The maximum atomic E-state index is 5.25. The van der Waals surface area contributed by atoms with Crippen LogP contribution in [0.3, 0.4) is 0 Å². The summed E-state index contributed by atoms with van der Waals surface area (Å²) >= 11 is 0. The van der Waals surface area contributed by atoms with E-state index < -0.39 is 0 Å². The SMILES string of the molecule is Cn1cnc(-c2nc(CC3CCCNC3)no2)c1. The van der Waals surface area contributed by atoms with Crippen LogP contribution in [0, 0.1) is 5.92 Å². The van der Waals surface area contributed by atoms with Gasteiger partial charge in [-0.25, -0.2) is 4.98 Å². The lowest BCUT2D eigenvalue weighted by molar-refractivity contribution is 0.359. The number of piperidine rings is 1. The summed E-state index contributed by atoms with van der Waals surface area (Å²) < 4.78 is 7.11. The Hall–Kier alpha value is -1.69. The molecule has 1 atom stereocenters. The predicted octanol–water partition coefficient (Wildman–Crippen LogP) is 1.01. The molecule has 0 spiro atoms. The highest BCUT2D eigenvalue weighted by molar-refractivity contribution is 5.44. The van der Waals surface area contributed by atoms with E-state index >= 15 is 0 Å². The number of nitrogens with one attached hydrogen (secondary N) is 1. The third-order valence-electron chi connectivity index (χ3n) is 3.26. The summed E-state index contributed by atoms with van der Waals surface area (Å²) in [4.78, 5) is 8.61. The van der Waals surface area contributed by atoms with Gasteiger partial charge in [0.1, 0.15) is 5.69 Å². The first-order valence-electron chi connectivity index (χ1n) is 6.33. The molecule has 6 heteroatoms. The Morgan fingerprint density at radius 3 is 3.22 bits per heavy atom. The number of hydrogen-bond donors (Lipinski definition) is 1. The highest BCUT2D eigenvalue weighted by Gasteiger charge is 2.18. The molecule has 3 heterocycles. The van der Waals surface area contributed by atoms with Gasteiger partial charge >= 0.3 is 0 Å². The minimum absolute atomic E-state index is 0.509. The highest BCUT2D eigenvalue weighted by Crippen LogP contribution is 2.18. The van der Waals surface area contributed by atoms with Gasteiger partial charge in [-0.2, -0.15) is 4.98 Å². The van der Waals surface area contributed by atoms with Crippen LogP contribution in [0.25, 0.3) is 11.6 Å². The fraction of sp³-hybridized carbons (Fsp3) is 0.583. The van der Waals surface area contributed by atoms with Crippen molar-refractivity contribution in [2.24, 2.45) is 13.0 Å². The molecule has 0 aromatic carbocycles. The molecule has 1 aliphatic rings. The maximum absolute atomic E-state index is 5.25. The first-order valence-corrected chi connectivity index (χ1v) is 6.33. The summed E-state index contributed by atoms with van der Waals surface area (Å²) in [5, 5.41) is 7.43. The molecule has 1 saturated heterocycles. The van der Waals surface area contributed by atoms with Crippen molar-refractivity contribution < 1.29 is 4.52 Å². The van der Waals surface area contributed by atoms with Crippen LogP contribution in [0.4, 0.5) is 0 Å². The van der Waals surface area contributed by atoms with E-state index in [0.717, 1.165) is 31.0 Å². The van der Waals surface area contributed by atoms with Crippen molar-refractivity contribution in [2.75, 3.05) is 13.1 Å². The van der Waals surface area contributed by atoms with Crippen LogP contribution in [0.1, 0.15) is 18.7 Å². The van der Waals surface area contributed by atoms with Crippen molar-refractivity contribution in [3.8, 4) is 11.6 Å². The van der Waals surface area contributed by atoms with Gasteiger partial charge in [0.05, 0.1) is 6.33 Å². The van der Waals surface area contributed by atoms with E-state index in [4.69, 9.17) is 4.52 Å². The Labute approximate surface area is 105 Å². The number of rotatable bonds is 3. The molecule has 3 rings (SSSR count). The molecule has 1 fully saturated rings.